The van der Waals surface area contributed by atoms with Gasteiger partial charge in [0, 0.05) is 45.9 Å². The summed E-state index contributed by atoms with van der Waals surface area (Å²) in [5, 5.41) is 20.8. The van der Waals surface area contributed by atoms with Gasteiger partial charge in [0.1, 0.15) is 0 Å². The minimum Gasteiger partial charge on any atom is -0.135 e. The number of hydrogen-bond donors (Lipinski definition) is 0. The van der Waals surface area contributed by atoms with Crippen molar-refractivity contribution in [3.8, 4) is 44.5 Å². The maximum absolute atomic E-state index is 2.45. The molecular formula is C66H38S2. The summed E-state index contributed by atoms with van der Waals surface area (Å²) in [5.74, 6) is 0. The zero-order chi connectivity index (χ0) is 44.5. The fourth-order valence-corrected chi connectivity index (χ4v) is 14.1. The van der Waals surface area contributed by atoms with Crippen LogP contribution >= 0.6 is 22.7 Å². The summed E-state index contributed by atoms with van der Waals surface area (Å²) < 4.78 is 5.27. The molecule has 314 valence electrons. The van der Waals surface area contributed by atoms with E-state index in [1.807, 2.05) is 22.7 Å². The van der Waals surface area contributed by atoms with Crippen LogP contribution in [0, 0.1) is 0 Å². The highest BCUT2D eigenvalue weighted by atomic mass is 32.1. The van der Waals surface area contributed by atoms with Gasteiger partial charge in [-0.15, -0.1) is 22.7 Å². The number of thiophene rings is 2. The van der Waals surface area contributed by atoms with Crippen molar-refractivity contribution in [2.45, 2.75) is 0 Å². The highest BCUT2D eigenvalue weighted by Gasteiger charge is 2.20. The van der Waals surface area contributed by atoms with Crippen molar-refractivity contribution < 1.29 is 0 Å². The van der Waals surface area contributed by atoms with Crippen molar-refractivity contribution in [2.24, 2.45) is 0 Å². The third-order valence-electron chi connectivity index (χ3n) is 14.6. The lowest BCUT2D eigenvalue weighted by Crippen LogP contribution is -1.88. The Morgan fingerprint density at radius 3 is 1.22 bits per heavy atom. The van der Waals surface area contributed by atoms with Crippen molar-refractivity contribution in [1.29, 1.82) is 0 Å². The first-order valence-electron chi connectivity index (χ1n) is 23.4. The molecule has 0 unspecified atom stereocenters. The van der Waals surface area contributed by atoms with Crippen LogP contribution in [0.2, 0.25) is 0 Å². The average molecular weight is 895 g/mol. The van der Waals surface area contributed by atoms with Gasteiger partial charge in [0.15, 0.2) is 0 Å². The van der Waals surface area contributed by atoms with Gasteiger partial charge in [0.25, 0.3) is 0 Å². The summed E-state index contributed by atoms with van der Waals surface area (Å²) in [6, 6.07) is 86.5. The smallest absolute Gasteiger partial charge is 0.0440 e. The van der Waals surface area contributed by atoms with E-state index in [-0.39, 0.29) is 0 Å². The number of benzene rings is 13. The van der Waals surface area contributed by atoms with Gasteiger partial charge in [0.05, 0.1) is 0 Å². The van der Waals surface area contributed by atoms with Gasteiger partial charge in [0.2, 0.25) is 0 Å². The minimum absolute atomic E-state index is 1.22. The van der Waals surface area contributed by atoms with Crippen molar-refractivity contribution in [1.82, 2.24) is 0 Å². The number of rotatable bonds is 4. The van der Waals surface area contributed by atoms with Crippen LogP contribution in [0.5, 0.6) is 0 Å². The van der Waals surface area contributed by atoms with Gasteiger partial charge in [-0.1, -0.05) is 200 Å². The molecule has 0 spiro atoms. The molecule has 2 heteroatoms. The van der Waals surface area contributed by atoms with E-state index in [0.29, 0.717) is 0 Å². The summed E-state index contributed by atoms with van der Waals surface area (Å²) in [7, 11) is 0. The Hall–Kier alpha value is -8.14. The third kappa shape index (κ3) is 5.59. The van der Waals surface area contributed by atoms with E-state index in [2.05, 4.69) is 231 Å². The molecule has 0 nitrogen and oxygen atoms in total. The molecule has 13 aromatic carbocycles. The SMILES string of the molecule is c1cc(-c2ccc3c4ccccc4c4ccccc4c3c2)cc(-c2c(-c3ccc4c(c3)sc3c(-c5ccc6c7ccccc7c7ccccc7c6c5)cccc34)ccc3c2sc2ccccc23)c1. The monoisotopic (exact) mass is 894 g/mol. The van der Waals surface area contributed by atoms with Gasteiger partial charge in [-0.25, -0.2) is 0 Å². The Morgan fingerprint density at radius 1 is 0.191 bits per heavy atom. The van der Waals surface area contributed by atoms with E-state index in [4.69, 9.17) is 0 Å². The van der Waals surface area contributed by atoms with Crippen molar-refractivity contribution >= 4 is 128 Å². The molecule has 0 N–H and O–H groups in total. The van der Waals surface area contributed by atoms with Crippen LogP contribution in [0.25, 0.3) is 149 Å². The first-order chi connectivity index (χ1) is 33.7. The fraction of sp³-hybridized carbons (Fsp3) is 0. The predicted octanol–water partition coefficient (Wildman–Crippen LogP) is 20.0. The van der Waals surface area contributed by atoms with Gasteiger partial charge < -0.3 is 0 Å². The largest absolute Gasteiger partial charge is 0.135 e. The average Bonchev–Trinajstić information content (AvgIpc) is 3.99. The third-order valence-corrected chi connectivity index (χ3v) is 17.0. The van der Waals surface area contributed by atoms with Crippen LogP contribution in [0.1, 0.15) is 0 Å². The van der Waals surface area contributed by atoms with E-state index in [1.54, 1.807) is 0 Å². The Bertz CT molecular complexity index is 4550. The fourth-order valence-electron chi connectivity index (χ4n) is 11.5. The molecule has 0 aliphatic rings. The molecule has 0 atom stereocenters. The van der Waals surface area contributed by atoms with Crippen molar-refractivity contribution in [3.63, 3.8) is 0 Å². The second kappa shape index (κ2) is 14.7. The zero-order valence-electron chi connectivity index (χ0n) is 36.8. The first-order valence-corrected chi connectivity index (χ1v) is 25.0. The Morgan fingerprint density at radius 2 is 0.588 bits per heavy atom. The normalized spacial score (nSPS) is 12.1. The highest BCUT2D eigenvalue weighted by molar-refractivity contribution is 7.26. The summed E-state index contributed by atoms with van der Waals surface area (Å²) in [4.78, 5) is 0. The lowest BCUT2D eigenvalue weighted by Gasteiger charge is -2.15. The minimum atomic E-state index is 1.22. The molecule has 2 heterocycles. The lowest BCUT2D eigenvalue weighted by atomic mass is 9.89. The van der Waals surface area contributed by atoms with Gasteiger partial charge in [-0.2, -0.15) is 0 Å². The highest BCUT2D eigenvalue weighted by Crippen LogP contribution is 2.48. The topological polar surface area (TPSA) is 0 Å². The molecule has 0 aliphatic heterocycles. The molecule has 0 fully saturated rings. The quantitative estimate of drug-likeness (QED) is 0.154. The second-order valence-electron chi connectivity index (χ2n) is 18.2. The van der Waals surface area contributed by atoms with Crippen LogP contribution < -0.4 is 0 Å². The maximum Gasteiger partial charge on any atom is 0.0440 e. The molecule has 68 heavy (non-hydrogen) atoms. The van der Waals surface area contributed by atoms with Crippen molar-refractivity contribution in [3.05, 3.63) is 231 Å². The Balaban J connectivity index is 0.900. The zero-order valence-corrected chi connectivity index (χ0v) is 38.4. The van der Waals surface area contributed by atoms with Crippen LogP contribution in [0.4, 0.5) is 0 Å². The van der Waals surface area contributed by atoms with E-state index in [0.717, 1.165) is 0 Å². The molecule has 0 radical (unpaired) electrons. The van der Waals surface area contributed by atoms with Crippen LogP contribution in [0.15, 0.2) is 231 Å². The molecule has 0 bridgehead atoms. The van der Waals surface area contributed by atoms with Crippen LogP contribution in [-0.4, -0.2) is 0 Å². The molecule has 0 saturated carbocycles. The summed E-state index contributed by atoms with van der Waals surface area (Å²) in [6.07, 6.45) is 0. The van der Waals surface area contributed by atoms with E-state index < -0.39 is 0 Å². The molecule has 2 aromatic heterocycles. The Kier molecular flexibility index (Phi) is 8.21. The van der Waals surface area contributed by atoms with Crippen molar-refractivity contribution in [2.75, 3.05) is 0 Å². The second-order valence-corrected chi connectivity index (χ2v) is 20.3. The molecular weight excluding hydrogens is 857 g/mol. The summed E-state index contributed by atoms with van der Waals surface area (Å²) in [5.41, 5.74) is 9.98. The lowest BCUT2D eigenvalue weighted by molar-refractivity contribution is 1.62. The van der Waals surface area contributed by atoms with E-state index in [1.165, 1.54) is 149 Å². The first kappa shape index (κ1) is 38.0. The molecule has 0 saturated heterocycles. The van der Waals surface area contributed by atoms with Gasteiger partial charge in [-0.3, -0.25) is 0 Å². The predicted molar refractivity (Wildman–Crippen MR) is 299 cm³/mol. The van der Waals surface area contributed by atoms with Gasteiger partial charge in [-0.05, 0) is 134 Å². The van der Waals surface area contributed by atoms with Gasteiger partial charge >= 0.3 is 0 Å². The molecule has 0 amide bonds. The van der Waals surface area contributed by atoms with Crippen LogP contribution in [-0.2, 0) is 0 Å². The summed E-state index contributed by atoms with van der Waals surface area (Å²) >= 11 is 3.83. The number of hydrogen-bond acceptors (Lipinski definition) is 2. The number of fused-ring (bicyclic) bond motifs is 18. The van der Waals surface area contributed by atoms with E-state index >= 15 is 0 Å². The Labute approximate surface area is 400 Å². The molecule has 15 rings (SSSR count). The standard InChI is InChI=1S/C66H38S2/c1-3-19-50-46(15-1)48-17-5-7-21-52(48)60-36-40(27-30-54(50)60)39-13-11-14-43(35-39)64-44(33-34-59-56-23-9-10-26-62(56)67-66(59)64)42-29-32-57-58-25-12-24-45(65(58)68-63(57)38-42)41-28-31-55-51-20-4-2-16-47(51)49-18-6-8-22-53(49)61(55)37-41/h1-38H. The molecule has 0 aliphatic carbocycles. The van der Waals surface area contributed by atoms with Crippen LogP contribution in [0.3, 0.4) is 0 Å². The van der Waals surface area contributed by atoms with E-state index in [9.17, 15) is 0 Å². The molecule has 15 aromatic rings. The maximum atomic E-state index is 2.45. The summed E-state index contributed by atoms with van der Waals surface area (Å²) in [6.45, 7) is 0.